The summed E-state index contributed by atoms with van der Waals surface area (Å²) in [5, 5.41) is 3.55. The highest BCUT2D eigenvalue weighted by Crippen LogP contribution is 2.29. The lowest BCUT2D eigenvalue weighted by molar-refractivity contribution is 0.102. The Hall–Kier alpha value is -3.31. The van der Waals surface area contributed by atoms with Gasteiger partial charge in [0, 0.05) is 21.8 Å². The summed E-state index contributed by atoms with van der Waals surface area (Å²) in [5.74, 6) is 0.968. The molecule has 6 heteroatoms. The minimum atomic E-state index is -0.202. The summed E-state index contributed by atoms with van der Waals surface area (Å²) in [4.78, 5) is 17.1. The summed E-state index contributed by atoms with van der Waals surface area (Å²) in [7, 11) is 1.59. The van der Waals surface area contributed by atoms with Crippen molar-refractivity contribution in [3.05, 3.63) is 76.8 Å². The lowest BCUT2D eigenvalue weighted by Crippen LogP contribution is -2.12. The molecule has 0 saturated heterocycles. The number of hydrogen-bond acceptors (Lipinski definition) is 4. The van der Waals surface area contributed by atoms with Crippen LogP contribution in [0.2, 0.25) is 5.02 Å². The van der Waals surface area contributed by atoms with Crippen molar-refractivity contribution in [1.82, 2.24) is 4.98 Å². The van der Waals surface area contributed by atoms with E-state index >= 15 is 0 Å². The Bertz CT molecular complexity index is 1170. The van der Waals surface area contributed by atoms with E-state index < -0.39 is 0 Å². The first-order chi connectivity index (χ1) is 13.5. The molecular weight excluding hydrogens is 376 g/mol. The molecule has 5 nitrogen and oxygen atoms in total. The van der Waals surface area contributed by atoms with Crippen LogP contribution in [0.1, 0.15) is 15.9 Å². The topological polar surface area (TPSA) is 64.4 Å². The van der Waals surface area contributed by atoms with E-state index in [1.807, 2.05) is 25.1 Å². The minimum Gasteiger partial charge on any atom is -0.497 e. The third-order valence-corrected chi connectivity index (χ3v) is 4.67. The van der Waals surface area contributed by atoms with Crippen LogP contribution in [-0.4, -0.2) is 18.0 Å². The van der Waals surface area contributed by atoms with Gasteiger partial charge in [-0.2, -0.15) is 0 Å². The number of rotatable bonds is 4. The largest absolute Gasteiger partial charge is 0.497 e. The van der Waals surface area contributed by atoms with E-state index in [1.165, 1.54) is 0 Å². The van der Waals surface area contributed by atoms with E-state index in [-0.39, 0.29) is 5.91 Å². The summed E-state index contributed by atoms with van der Waals surface area (Å²) in [6.07, 6.45) is 0. The van der Waals surface area contributed by atoms with E-state index in [0.717, 1.165) is 11.1 Å². The van der Waals surface area contributed by atoms with E-state index in [4.69, 9.17) is 20.8 Å². The molecule has 0 atom stereocenters. The summed E-state index contributed by atoms with van der Waals surface area (Å²) >= 11 is 6.02. The van der Waals surface area contributed by atoms with Gasteiger partial charge in [-0.1, -0.05) is 17.7 Å². The Labute approximate surface area is 166 Å². The van der Waals surface area contributed by atoms with Gasteiger partial charge in [0.15, 0.2) is 5.58 Å². The first-order valence-electron chi connectivity index (χ1n) is 8.66. The number of methoxy groups -OCH3 is 1. The van der Waals surface area contributed by atoms with Crippen LogP contribution in [0.25, 0.3) is 22.6 Å². The van der Waals surface area contributed by atoms with Gasteiger partial charge in [-0.05, 0) is 67.1 Å². The number of fused-ring (bicyclic) bond motifs is 1. The van der Waals surface area contributed by atoms with Crippen LogP contribution in [0.15, 0.2) is 65.1 Å². The van der Waals surface area contributed by atoms with Crippen LogP contribution >= 0.6 is 11.6 Å². The van der Waals surface area contributed by atoms with Gasteiger partial charge in [0.25, 0.3) is 5.91 Å². The van der Waals surface area contributed by atoms with Crippen LogP contribution in [0.3, 0.4) is 0 Å². The van der Waals surface area contributed by atoms with Gasteiger partial charge in [-0.3, -0.25) is 4.79 Å². The maximum atomic E-state index is 12.6. The number of benzene rings is 3. The van der Waals surface area contributed by atoms with Crippen LogP contribution < -0.4 is 10.1 Å². The SMILES string of the molecule is COc1ccc(C(=O)Nc2cc(-c3nc4cc(Cl)ccc4o3)ccc2C)cc1. The normalized spacial score (nSPS) is 10.8. The minimum absolute atomic E-state index is 0.202. The van der Waals surface area contributed by atoms with Crippen molar-refractivity contribution >= 4 is 34.3 Å². The molecule has 3 aromatic carbocycles. The van der Waals surface area contributed by atoms with Crippen molar-refractivity contribution in [2.75, 3.05) is 12.4 Å². The number of carbonyl (C=O) groups is 1. The number of oxazole rings is 1. The molecule has 0 aliphatic heterocycles. The number of aryl methyl sites for hydroxylation is 1. The second-order valence-electron chi connectivity index (χ2n) is 6.34. The van der Waals surface area contributed by atoms with Gasteiger partial charge < -0.3 is 14.5 Å². The summed E-state index contributed by atoms with van der Waals surface area (Å²) < 4.78 is 10.9. The van der Waals surface area contributed by atoms with Crippen molar-refractivity contribution in [3.63, 3.8) is 0 Å². The van der Waals surface area contributed by atoms with Crippen molar-refractivity contribution in [2.45, 2.75) is 6.92 Å². The lowest BCUT2D eigenvalue weighted by Gasteiger charge is -2.10. The van der Waals surface area contributed by atoms with Crippen molar-refractivity contribution in [1.29, 1.82) is 0 Å². The third kappa shape index (κ3) is 3.57. The van der Waals surface area contributed by atoms with Crippen LogP contribution in [0.5, 0.6) is 5.75 Å². The highest BCUT2D eigenvalue weighted by atomic mass is 35.5. The second kappa shape index (κ2) is 7.37. The zero-order valence-electron chi connectivity index (χ0n) is 15.3. The predicted octanol–water partition coefficient (Wildman–Crippen LogP) is 5.72. The monoisotopic (exact) mass is 392 g/mol. The van der Waals surface area contributed by atoms with Gasteiger partial charge in [0.2, 0.25) is 5.89 Å². The molecule has 0 aliphatic rings. The fourth-order valence-electron chi connectivity index (χ4n) is 2.85. The maximum absolute atomic E-state index is 12.6. The Kier molecular flexibility index (Phi) is 4.75. The lowest BCUT2D eigenvalue weighted by atomic mass is 10.1. The molecule has 1 aromatic heterocycles. The van der Waals surface area contributed by atoms with Gasteiger partial charge in [0.1, 0.15) is 11.3 Å². The number of anilines is 1. The molecular formula is C22H17ClN2O3. The first-order valence-corrected chi connectivity index (χ1v) is 9.04. The molecule has 0 radical (unpaired) electrons. The average molecular weight is 393 g/mol. The van der Waals surface area contributed by atoms with Gasteiger partial charge in [-0.25, -0.2) is 4.98 Å². The van der Waals surface area contributed by atoms with E-state index in [0.29, 0.717) is 39.0 Å². The Morgan fingerprint density at radius 3 is 2.61 bits per heavy atom. The molecule has 1 N–H and O–H groups in total. The maximum Gasteiger partial charge on any atom is 0.255 e. The molecule has 0 bridgehead atoms. The zero-order chi connectivity index (χ0) is 19.7. The highest BCUT2D eigenvalue weighted by molar-refractivity contribution is 6.31. The Balaban J connectivity index is 1.63. The number of amides is 1. The Morgan fingerprint density at radius 2 is 1.86 bits per heavy atom. The summed E-state index contributed by atoms with van der Waals surface area (Å²) in [6.45, 7) is 1.93. The van der Waals surface area contributed by atoms with Crippen LogP contribution in [-0.2, 0) is 0 Å². The number of ether oxygens (including phenoxy) is 1. The summed E-state index contributed by atoms with van der Waals surface area (Å²) in [5.41, 5.74) is 4.28. The second-order valence-corrected chi connectivity index (χ2v) is 6.78. The molecule has 1 amide bonds. The highest BCUT2D eigenvalue weighted by Gasteiger charge is 2.13. The van der Waals surface area contributed by atoms with Gasteiger partial charge in [0.05, 0.1) is 7.11 Å². The molecule has 0 saturated carbocycles. The standard InChI is InChI=1S/C22H17ClN2O3/c1-13-3-4-15(22-25-19-12-16(23)7-10-20(19)28-22)11-18(13)24-21(26)14-5-8-17(27-2)9-6-14/h3-12H,1-2H3,(H,24,26). The number of aromatic nitrogens is 1. The summed E-state index contributed by atoms with van der Waals surface area (Å²) in [6, 6.07) is 17.9. The zero-order valence-corrected chi connectivity index (χ0v) is 16.1. The quantitative estimate of drug-likeness (QED) is 0.482. The Morgan fingerprint density at radius 1 is 1.07 bits per heavy atom. The molecule has 1 heterocycles. The number of hydrogen-bond donors (Lipinski definition) is 1. The first kappa shape index (κ1) is 18.1. The smallest absolute Gasteiger partial charge is 0.255 e. The number of carbonyl (C=O) groups excluding carboxylic acids is 1. The van der Waals surface area contributed by atoms with Gasteiger partial charge >= 0.3 is 0 Å². The van der Waals surface area contributed by atoms with E-state index in [9.17, 15) is 4.79 Å². The molecule has 4 aromatic rings. The molecule has 0 fully saturated rings. The van der Waals surface area contributed by atoms with Crippen molar-refractivity contribution < 1.29 is 13.9 Å². The molecule has 140 valence electrons. The number of nitrogens with zero attached hydrogens (tertiary/aromatic N) is 1. The fraction of sp³-hybridized carbons (Fsp3) is 0.0909. The van der Waals surface area contributed by atoms with Crippen molar-refractivity contribution in [3.8, 4) is 17.2 Å². The van der Waals surface area contributed by atoms with Crippen LogP contribution in [0, 0.1) is 6.92 Å². The third-order valence-electron chi connectivity index (χ3n) is 4.43. The van der Waals surface area contributed by atoms with Crippen molar-refractivity contribution in [2.24, 2.45) is 0 Å². The van der Waals surface area contributed by atoms with Crippen LogP contribution in [0.4, 0.5) is 5.69 Å². The fourth-order valence-corrected chi connectivity index (χ4v) is 3.02. The van der Waals surface area contributed by atoms with E-state index in [1.54, 1.807) is 49.6 Å². The molecule has 0 unspecified atom stereocenters. The molecule has 4 rings (SSSR count). The molecule has 0 spiro atoms. The molecule has 28 heavy (non-hydrogen) atoms. The van der Waals surface area contributed by atoms with Gasteiger partial charge in [-0.15, -0.1) is 0 Å². The predicted molar refractivity (Wildman–Crippen MR) is 110 cm³/mol. The molecule has 0 aliphatic carbocycles. The van der Waals surface area contributed by atoms with E-state index in [2.05, 4.69) is 10.3 Å². The number of halogens is 1. The number of nitrogens with one attached hydrogen (secondary N) is 1. The average Bonchev–Trinajstić information content (AvgIpc) is 3.12.